The third kappa shape index (κ3) is 5.69. The fraction of sp³-hybridized carbons (Fsp3) is 0. The topological polar surface area (TPSA) is 61.7 Å². The van der Waals surface area contributed by atoms with Gasteiger partial charge in [0.2, 0.25) is 0 Å². The maximum Gasteiger partial charge on any atom is 0.164 e. The zero-order chi connectivity index (χ0) is 41.4. The highest BCUT2D eigenvalue weighted by molar-refractivity contribution is 6.13. The van der Waals surface area contributed by atoms with Gasteiger partial charge in [-0.2, -0.15) is 0 Å². The fourth-order valence-electron chi connectivity index (χ4n) is 9.42. The minimum Gasteiger partial charge on any atom is -0.456 e. The second-order valence-corrected chi connectivity index (χ2v) is 16.0. The lowest BCUT2D eigenvalue weighted by Crippen LogP contribution is -2.00. The minimum absolute atomic E-state index is 0.592. The molecule has 0 fully saturated rings. The Morgan fingerprint density at radius 1 is 0.270 bits per heavy atom. The molecule has 294 valence electrons. The molecule has 6 heteroatoms. The number of nitrogens with zero attached hydrogens (tertiary/aromatic N) is 5. The van der Waals surface area contributed by atoms with Crippen LogP contribution in [0.1, 0.15) is 0 Å². The van der Waals surface area contributed by atoms with E-state index in [2.05, 4.69) is 155 Å². The predicted molar refractivity (Wildman–Crippen MR) is 258 cm³/mol. The number of aromatic nitrogens is 5. The molecule has 4 aromatic heterocycles. The van der Waals surface area contributed by atoms with E-state index in [0.717, 1.165) is 61.0 Å². The highest BCUT2D eigenvalue weighted by atomic mass is 16.3. The first-order valence-electron chi connectivity index (χ1n) is 21.2. The first-order chi connectivity index (χ1) is 31.2. The SMILES string of the molecule is c1ccc(-c2nc(-c3ccccc3)nc(-c3ccc4c(c3)oc3cc(-n5c6ccccc6c6cc(-c7ccc8c(c7)c7ccccc7n8-c7ccccc7)ccc65)ccc34)n2)cc1. The van der Waals surface area contributed by atoms with Crippen molar-refractivity contribution in [1.29, 1.82) is 0 Å². The van der Waals surface area contributed by atoms with Crippen molar-refractivity contribution in [1.82, 2.24) is 24.1 Å². The second-order valence-electron chi connectivity index (χ2n) is 16.0. The summed E-state index contributed by atoms with van der Waals surface area (Å²) in [5.74, 6) is 1.84. The van der Waals surface area contributed by atoms with E-state index in [1.807, 2.05) is 66.7 Å². The van der Waals surface area contributed by atoms with Gasteiger partial charge in [-0.25, -0.2) is 15.0 Å². The lowest BCUT2D eigenvalue weighted by atomic mass is 10.0. The van der Waals surface area contributed by atoms with Gasteiger partial charge in [-0.05, 0) is 83.9 Å². The molecule has 0 spiro atoms. The maximum absolute atomic E-state index is 6.69. The highest BCUT2D eigenvalue weighted by Gasteiger charge is 2.19. The number of benzene rings is 9. The molecule has 0 aliphatic rings. The number of furan rings is 1. The van der Waals surface area contributed by atoms with Gasteiger partial charge in [0.05, 0.1) is 22.1 Å². The Labute approximate surface area is 361 Å². The normalized spacial score (nSPS) is 11.8. The van der Waals surface area contributed by atoms with Crippen molar-refractivity contribution in [3.8, 4) is 56.7 Å². The Bertz CT molecular complexity index is 3850. The molecule has 0 saturated heterocycles. The van der Waals surface area contributed by atoms with Crippen molar-refractivity contribution in [3.63, 3.8) is 0 Å². The number of rotatable bonds is 6. The Balaban J connectivity index is 0.909. The monoisotopic (exact) mass is 805 g/mol. The lowest BCUT2D eigenvalue weighted by Gasteiger charge is -2.09. The summed E-state index contributed by atoms with van der Waals surface area (Å²) < 4.78 is 11.4. The van der Waals surface area contributed by atoms with E-state index in [9.17, 15) is 0 Å². The summed E-state index contributed by atoms with van der Waals surface area (Å²) in [6, 6.07) is 74.6. The van der Waals surface area contributed by atoms with Gasteiger partial charge in [0, 0.05) is 66.4 Å². The Morgan fingerprint density at radius 2 is 0.698 bits per heavy atom. The van der Waals surface area contributed by atoms with Gasteiger partial charge < -0.3 is 13.6 Å². The third-order valence-electron chi connectivity index (χ3n) is 12.4. The molecule has 13 rings (SSSR count). The summed E-state index contributed by atoms with van der Waals surface area (Å²) in [6.07, 6.45) is 0. The van der Waals surface area contributed by atoms with Crippen molar-refractivity contribution in [3.05, 3.63) is 212 Å². The van der Waals surface area contributed by atoms with E-state index < -0.39 is 0 Å². The molecular weight excluding hydrogens is 771 g/mol. The van der Waals surface area contributed by atoms with Crippen LogP contribution in [0.4, 0.5) is 0 Å². The van der Waals surface area contributed by atoms with Crippen LogP contribution in [0, 0.1) is 0 Å². The maximum atomic E-state index is 6.69. The van der Waals surface area contributed by atoms with E-state index >= 15 is 0 Å². The molecule has 0 atom stereocenters. The summed E-state index contributed by atoms with van der Waals surface area (Å²) in [5.41, 5.74) is 13.5. The van der Waals surface area contributed by atoms with Crippen LogP contribution in [-0.2, 0) is 0 Å². The molecule has 0 saturated carbocycles. The van der Waals surface area contributed by atoms with Gasteiger partial charge in [-0.3, -0.25) is 0 Å². The van der Waals surface area contributed by atoms with E-state index in [4.69, 9.17) is 19.4 Å². The van der Waals surface area contributed by atoms with E-state index in [0.29, 0.717) is 17.5 Å². The Kier molecular flexibility index (Phi) is 7.80. The van der Waals surface area contributed by atoms with Crippen molar-refractivity contribution >= 4 is 65.6 Å². The lowest BCUT2D eigenvalue weighted by molar-refractivity contribution is 0.668. The smallest absolute Gasteiger partial charge is 0.164 e. The van der Waals surface area contributed by atoms with Crippen molar-refractivity contribution in [2.24, 2.45) is 0 Å². The fourth-order valence-corrected chi connectivity index (χ4v) is 9.42. The van der Waals surface area contributed by atoms with Crippen LogP contribution in [0.3, 0.4) is 0 Å². The summed E-state index contributed by atoms with van der Waals surface area (Å²) in [4.78, 5) is 14.8. The van der Waals surface area contributed by atoms with E-state index in [1.165, 1.54) is 43.7 Å². The molecule has 0 aliphatic carbocycles. The van der Waals surface area contributed by atoms with Crippen LogP contribution in [0.15, 0.2) is 217 Å². The van der Waals surface area contributed by atoms with Crippen LogP contribution >= 0.6 is 0 Å². The van der Waals surface area contributed by atoms with Gasteiger partial charge in [-0.1, -0.05) is 133 Å². The molecule has 0 aliphatic heterocycles. The number of hydrogen-bond acceptors (Lipinski definition) is 4. The van der Waals surface area contributed by atoms with Crippen LogP contribution in [0.25, 0.3) is 122 Å². The van der Waals surface area contributed by atoms with Crippen molar-refractivity contribution in [2.45, 2.75) is 0 Å². The molecule has 0 bridgehead atoms. The summed E-state index contributed by atoms with van der Waals surface area (Å²) in [5, 5.41) is 6.98. The third-order valence-corrected chi connectivity index (χ3v) is 12.4. The molecule has 6 nitrogen and oxygen atoms in total. The second kappa shape index (κ2) is 14.0. The highest BCUT2D eigenvalue weighted by Crippen LogP contribution is 2.40. The van der Waals surface area contributed by atoms with Crippen LogP contribution in [0.5, 0.6) is 0 Å². The van der Waals surface area contributed by atoms with E-state index in [-0.39, 0.29) is 0 Å². The largest absolute Gasteiger partial charge is 0.456 e. The van der Waals surface area contributed by atoms with Crippen LogP contribution in [-0.4, -0.2) is 24.1 Å². The first kappa shape index (κ1) is 35.2. The molecule has 13 aromatic rings. The predicted octanol–water partition coefficient (Wildman–Crippen LogP) is 14.6. The Hall–Kier alpha value is -8.61. The molecule has 0 amide bonds. The average molecular weight is 806 g/mol. The Morgan fingerprint density at radius 3 is 1.27 bits per heavy atom. The minimum atomic E-state index is 0.592. The van der Waals surface area contributed by atoms with Crippen LogP contribution in [0.2, 0.25) is 0 Å². The molecule has 9 aromatic carbocycles. The molecule has 63 heavy (non-hydrogen) atoms. The summed E-state index contributed by atoms with van der Waals surface area (Å²) in [7, 11) is 0. The van der Waals surface area contributed by atoms with Gasteiger partial charge >= 0.3 is 0 Å². The molecule has 0 N–H and O–H groups in total. The molecular formula is C57H35N5O. The van der Waals surface area contributed by atoms with Crippen molar-refractivity contribution in [2.75, 3.05) is 0 Å². The quantitative estimate of drug-likeness (QED) is 0.168. The number of hydrogen-bond donors (Lipinski definition) is 0. The number of fused-ring (bicyclic) bond motifs is 9. The average Bonchev–Trinajstić information content (AvgIpc) is 4.01. The van der Waals surface area contributed by atoms with Gasteiger partial charge in [-0.15, -0.1) is 0 Å². The van der Waals surface area contributed by atoms with Gasteiger partial charge in [0.1, 0.15) is 11.2 Å². The van der Waals surface area contributed by atoms with E-state index in [1.54, 1.807) is 0 Å². The molecule has 0 radical (unpaired) electrons. The zero-order valence-electron chi connectivity index (χ0n) is 33.9. The van der Waals surface area contributed by atoms with Gasteiger partial charge in [0.25, 0.3) is 0 Å². The summed E-state index contributed by atoms with van der Waals surface area (Å²) >= 11 is 0. The summed E-state index contributed by atoms with van der Waals surface area (Å²) in [6.45, 7) is 0. The van der Waals surface area contributed by atoms with Crippen LogP contribution < -0.4 is 0 Å². The standard InChI is InChI=1S/C57H35N5O/c1-4-14-36(15-5-1)55-58-56(37-16-6-2-7-17-37)60-57(59-55)40-24-28-45-46-29-27-42(35-54(46)63-53(45)34-40)62-50-23-13-11-21-44(50)48-33-39(26-31-52(48)62)38-25-30-51-47(32-38)43-20-10-12-22-49(43)61(51)41-18-8-3-9-19-41/h1-35H. The van der Waals surface area contributed by atoms with Gasteiger partial charge in [0.15, 0.2) is 17.5 Å². The molecule has 4 heterocycles. The zero-order valence-corrected chi connectivity index (χ0v) is 33.9. The van der Waals surface area contributed by atoms with Crippen molar-refractivity contribution < 1.29 is 4.42 Å². The number of para-hydroxylation sites is 3. The molecule has 0 unspecified atom stereocenters. The first-order valence-corrected chi connectivity index (χ1v) is 21.2.